The highest BCUT2D eigenvalue weighted by molar-refractivity contribution is 5.95. The van der Waals surface area contributed by atoms with E-state index in [1.165, 1.54) is 0 Å². The predicted molar refractivity (Wildman–Crippen MR) is 104 cm³/mol. The Labute approximate surface area is 159 Å². The third kappa shape index (κ3) is 3.68. The van der Waals surface area contributed by atoms with Crippen LogP contribution in [-0.4, -0.2) is 42.1 Å². The zero-order valence-electron chi connectivity index (χ0n) is 15.8. The van der Waals surface area contributed by atoms with Crippen molar-refractivity contribution in [2.75, 3.05) is 20.2 Å². The number of hydrogen-bond acceptors (Lipinski definition) is 3. The molecular formula is C22H25NO4. The fourth-order valence-corrected chi connectivity index (χ4v) is 3.78. The van der Waals surface area contributed by atoms with Crippen LogP contribution in [0.15, 0.2) is 48.5 Å². The van der Waals surface area contributed by atoms with Crippen LogP contribution in [0.5, 0.6) is 5.75 Å². The van der Waals surface area contributed by atoms with E-state index in [2.05, 4.69) is 0 Å². The van der Waals surface area contributed by atoms with Gasteiger partial charge in [0.2, 0.25) is 0 Å². The van der Waals surface area contributed by atoms with E-state index in [1.807, 2.05) is 43.3 Å². The molecule has 1 aliphatic rings. The monoisotopic (exact) mass is 367 g/mol. The molecule has 0 aliphatic carbocycles. The summed E-state index contributed by atoms with van der Waals surface area (Å²) in [5.41, 5.74) is 1.68. The lowest BCUT2D eigenvalue weighted by molar-refractivity contribution is -0.152. The Kier molecular flexibility index (Phi) is 5.49. The molecule has 142 valence electrons. The van der Waals surface area contributed by atoms with Gasteiger partial charge < -0.3 is 14.7 Å². The molecule has 3 rings (SSSR count). The highest BCUT2D eigenvalue weighted by Crippen LogP contribution is 2.35. The third-order valence-electron chi connectivity index (χ3n) is 5.54. The minimum absolute atomic E-state index is 0.111. The molecule has 0 bridgehead atoms. The van der Waals surface area contributed by atoms with Crippen LogP contribution in [0.1, 0.15) is 36.5 Å². The normalized spacial score (nSPS) is 19.6. The third-order valence-corrected chi connectivity index (χ3v) is 5.54. The summed E-state index contributed by atoms with van der Waals surface area (Å²) >= 11 is 0. The fourth-order valence-electron chi connectivity index (χ4n) is 3.78. The van der Waals surface area contributed by atoms with Crippen LogP contribution in [0, 0.1) is 5.41 Å². The summed E-state index contributed by atoms with van der Waals surface area (Å²) in [7, 11) is 1.63. The van der Waals surface area contributed by atoms with E-state index in [4.69, 9.17) is 4.74 Å². The number of hydrogen-bond donors (Lipinski definition) is 1. The number of carboxylic acid groups (broad SMARTS) is 1. The summed E-state index contributed by atoms with van der Waals surface area (Å²) in [6.07, 6.45) is 1.86. The fraction of sp³-hybridized carbons (Fsp3) is 0.364. The van der Waals surface area contributed by atoms with Gasteiger partial charge in [0.05, 0.1) is 12.5 Å². The molecule has 0 aromatic heterocycles. The number of ether oxygens (including phenoxy) is 1. The molecule has 1 fully saturated rings. The second kappa shape index (κ2) is 7.82. The summed E-state index contributed by atoms with van der Waals surface area (Å²) in [6.45, 7) is 2.75. The molecule has 1 saturated heterocycles. The quantitative estimate of drug-likeness (QED) is 0.865. The largest absolute Gasteiger partial charge is 0.496 e. The number of methoxy groups -OCH3 is 1. The first-order valence-corrected chi connectivity index (χ1v) is 9.27. The molecule has 5 heteroatoms. The standard InChI is InChI=1S/C22H25NO4/c1-3-22(21(25)26)13-6-14-23(15-22)20(24)17-11-9-16(10-12-17)18-7-4-5-8-19(18)27-2/h4-5,7-12H,3,6,13-15H2,1-2H3,(H,25,26)/t22-/m0/s1. The van der Waals surface area contributed by atoms with Crippen molar-refractivity contribution in [3.8, 4) is 16.9 Å². The molecule has 0 spiro atoms. The van der Waals surface area contributed by atoms with Crippen molar-refractivity contribution >= 4 is 11.9 Å². The van der Waals surface area contributed by atoms with Gasteiger partial charge in [-0.3, -0.25) is 9.59 Å². The number of benzene rings is 2. The molecule has 5 nitrogen and oxygen atoms in total. The van der Waals surface area contributed by atoms with E-state index in [1.54, 1.807) is 24.1 Å². The van der Waals surface area contributed by atoms with Crippen molar-refractivity contribution in [3.63, 3.8) is 0 Å². The molecule has 2 aromatic rings. The van der Waals surface area contributed by atoms with Crippen molar-refractivity contribution in [2.24, 2.45) is 5.41 Å². The molecule has 1 N–H and O–H groups in total. The van der Waals surface area contributed by atoms with E-state index in [0.29, 0.717) is 31.4 Å². The maximum atomic E-state index is 12.9. The van der Waals surface area contributed by atoms with Crippen LogP contribution >= 0.6 is 0 Å². The van der Waals surface area contributed by atoms with Crippen LogP contribution in [0.25, 0.3) is 11.1 Å². The number of carboxylic acids is 1. The lowest BCUT2D eigenvalue weighted by Crippen LogP contribution is -2.49. The minimum atomic E-state index is -0.828. The number of aliphatic carboxylic acids is 1. The summed E-state index contributed by atoms with van der Waals surface area (Å²) in [5.74, 6) is -0.142. The Balaban J connectivity index is 1.81. The van der Waals surface area contributed by atoms with Gasteiger partial charge in [-0.25, -0.2) is 0 Å². The van der Waals surface area contributed by atoms with Crippen molar-refractivity contribution in [1.29, 1.82) is 0 Å². The molecule has 0 saturated carbocycles. The summed E-state index contributed by atoms with van der Waals surface area (Å²) in [4.78, 5) is 26.3. The number of carbonyl (C=O) groups is 2. The molecule has 1 atom stereocenters. The first-order valence-electron chi connectivity index (χ1n) is 9.27. The minimum Gasteiger partial charge on any atom is -0.496 e. The van der Waals surface area contributed by atoms with Crippen LogP contribution in [-0.2, 0) is 4.79 Å². The van der Waals surface area contributed by atoms with Gasteiger partial charge in [-0.15, -0.1) is 0 Å². The first kappa shape index (κ1) is 19.0. The summed E-state index contributed by atoms with van der Waals surface area (Å²) in [6, 6.07) is 15.1. The number of para-hydroxylation sites is 1. The van der Waals surface area contributed by atoms with Crippen LogP contribution in [0.4, 0.5) is 0 Å². The smallest absolute Gasteiger partial charge is 0.311 e. The zero-order chi connectivity index (χ0) is 19.4. The van der Waals surface area contributed by atoms with Crippen LogP contribution < -0.4 is 4.74 Å². The second-order valence-electron chi connectivity index (χ2n) is 7.05. The zero-order valence-corrected chi connectivity index (χ0v) is 15.8. The Hall–Kier alpha value is -2.82. The van der Waals surface area contributed by atoms with E-state index in [9.17, 15) is 14.7 Å². The topological polar surface area (TPSA) is 66.8 Å². The molecule has 1 heterocycles. The Morgan fingerprint density at radius 2 is 1.85 bits per heavy atom. The predicted octanol–water partition coefficient (Wildman–Crippen LogP) is 4.08. The van der Waals surface area contributed by atoms with Crippen molar-refractivity contribution < 1.29 is 19.4 Å². The lowest BCUT2D eigenvalue weighted by atomic mass is 9.77. The second-order valence-corrected chi connectivity index (χ2v) is 7.05. The van der Waals surface area contributed by atoms with Gasteiger partial charge >= 0.3 is 5.97 Å². The average molecular weight is 367 g/mol. The van der Waals surface area contributed by atoms with E-state index in [0.717, 1.165) is 16.9 Å². The molecular weight excluding hydrogens is 342 g/mol. The lowest BCUT2D eigenvalue weighted by Gasteiger charge is -2.39. The van der Waals surface area contributed by atoms with E-state index in [-0.39, 0.29) is 12.5 Å². The van der Waals surface area contributed by atoms with Gasteiger partial charge in [0.1, 0.15) is 5.75 Å². The van der Waals surface area contributed by atoms with Crippen LogP contribution in [0.2, 0.25) is 0 Å². The highest BCUT2D eigenvalue weighted by atomic mass is 16.5. The number of carbonyl (C=O) groups excluding carboxylic acids is 1. The van der Waals surface area contributed by atoms with Crippen LogP contribution in [0.3, 0.4) is 0 Å². The summed E-state index contributed by atoms with van der Waals surface area (Å²) in [5, 5.41) is 9.62. The van der Waals surface area contributed by atoms with Crippen molar-refractivity contribution in [2.45, 2.75) is 26.2 Å². The molecule has 2 aromatic carbocycles. The Bertz CT molecular complexity index is 830. The number of piperidine rings is 1. The van der Waals surface area contributed by atoms with Crippen molar-refractivity contribution in [1.82, 2.24) is 4.90 Å². The molecule has 27 heavy (non-hydrogen) atoms. The molecule has 0 radical (unpaired) electrons. The van der Waals surface area contributed by atoms with Crippen molar-refractivity contribution in [3.05, 3.63) is 54.1 Å². The number of likely N-dealkylation sites (tertiary alicyclic amines) is 1. The molecule has 1 amide bonds. The summed E-state index contributed by atoms with van der Waals surface area (Å²) < 4.78 is 5.40. The average Bonchev–Trinajstić information content (AvgIpc) is 2.73. The molecule has 0 unspecified atom stereocenters. The van der Waals surface area contributed by atoms with Gasteiger partial charge in [0, 0.05) is 24.2 Å². The number of amides is 1. The molecule has 1 aliphatic heterocycles. The number of nitrogens with zero attached hydrogens (tertiary/aromatic N) is 1. The van der Waals surface area contributed by atoms with Gasteiger partial charge in [0.15, 0.2) is 0 Å². The number of rotatable bonds is 5. The van der Waals surface area contributed by atoms with Gasteiger partial charge in [0.25, 0.3) is 5.91 Å². The Morgan fingerprint density at radius 3 is 2.48 bits per heavy atom. The maximum Gasteiger partial charge on any atom is 0.311 e. The maximum absolute atomic E-state index is 12.9. The highest BCUT2D eigenvalue weighted by Gasteiger charge is 2.42. The van der Waals surface area contributed by atoms with Gasteiger partial charge in [-0.2, -0.15) is 0 Å². The van der Waals surface area contributed by atoms with E-state index < -0.39 is 11.4 Å². The SMILES string of the molecule is CC[C@]1(C(=O)O)CCCN(C(=O)c2ccc(-c3ccccc3OC)cc2)C1. The van der Waals surface area contributed by atoms with E-state index >= 15 is 0 Å². The first-order chi connectivity index (χ1) is 13.0. The Morgan fingerprint density at radius 1 is 1.15 bits per heavy atom. The van der Waals surface area contributed by atoms with Gasteiger partial charge in [-0.05, 0) is 43.0 Å². The van der Waals surface area contributed by atoms with Gasteiger partial charge in [-0.1, -0.05) is 37.3 Å².